The molecule has 5 atom stereocenters. The van der Waals surface area contributed by atoms with E-state index in [0.717, 1.165) is 63.7 Å². The summed E-state index contributed by atoms with van der Waals surface area (Å²) in [5.41, 5.74) is 3.84. The van der Waals surface area contributed by atoms with Gasteiger partial charge in [0.1, 0.15) is 29.8 Å². The largest absolute Gasteiger partial charge is 0.461 e. The Balaban J connectivity index is 1.14. The van der Waals surface area contributed by atoms with Crippen LogP contribution in [0.2, 0.25) is 0 Å². The third kappa shape index (κ3) is 4.06. The first kappa shape index (κ1) is 25.6. The second-order valence-electron chi connectivity index (χ2n) is 13.8. The number of anilines is 1. The maximum atomic E-state index is 16.8. The molecule has 6 heterocycles. The lowest BCUT2D eigenvalue weighted by atomic mass is 9.90. The number of aromatic nitrogens is 3. The summed E-state index contributed by atoms with van der Waals surface area (Å²) in [6.45, 7) is 3.29. The molecule has 1 aromatic carbocycles. The van der Waals surface area contributed by atoms with Gasteiger partial charge >= 0.3 is 6.01 Å². The second kappa shape index (κ2) is 9.55. The van der Waals surface area contributed by atoms with Crippen LogP contribution in [0.4, 0.5) is 14.6 Å². The van der Waals surface area contributed by atoms with E-state index >= 15 is 4.39 Å². The average molecular weight is 573 g/mol. The second-order valence-corrected chi connectivity index (χ2v) is 13.8. The molecule has 2 aliphatic carbocycles. The van der Waals surface area contributed by atoms with E-state index in [1.807, 2.05) is 12.1 Å². The third-order valence-electron chi connectivity index (χ3n) is 11.1. The molecule has 7 nitrogen and oxygen atoms in total. The molecule has 3 unspecified atom stereocenters. The van der Waals surface area contributed by atoms with Gasteiger partial charge in [0.05, 0.1) is 10.9 Å². The van der Waals surface area contributed by atoms with Crippen LogP contribution < -0.4 is 15.0 Å². The smallest absolute Gasteiger partial charge is 0.319 e. The SMILES string of the molecule is Fc1c(-c2cccc3c2C(C2CC2)CC3)ncc2c(N3CC4CCC(C3)N4)nc(OC[C@@]34CCCN3C[C@H](F)C4)nc12. The topological polar surface area (TPSA) is 66.4 Å². The van der Waals surface area contributed by atoms with Crippen LogP contribution in [0.5, 0.6) is 6.01 Å². The molecule has 5 fully saturated rings. The Hall–Kier alpha value is -2.91. The summed E-state index contributed by atoms with van der Waals surface area (Å²) in [7, 11) is 0. The number of nitrogens with zero attached hydrogens (tertiary/aromatic N) is 5. The highest BCUT2D eigenvalue weighted by Crippen LogP contribution is 2.52. The monoisotopic (exact) mass is 572 g/mol. The lowest BCUT2D eigenvalue weighted by Crippen LogP contribution is -2.51. The van der Waals surface area contributed by atoms with Crippen LogP contribution in [0.3, 0.4) is 0 Å². The molecule has 6 aliphatic rings. The van der Waals surface area contributed by atoms with E-state index in [0.29, 0.717) is 60.4 Å². The van der Waals surface area contributed by atoms with Gasteiger partial charge in [0.2, 0.25) is 0 Å². The van der Waals surface area contributed by atoms with Gasteiger partial charge in [-0.2, -0.15) is 9.97 Å². The van der Waals surface area contributed by atoms with Crippen molar-refractivity contribution >= 4 is 16.7 Å². The zero-order chi connectivity index (χ0) is 28.0. The van der Waals surface area contributed by atoms with Crippen molar-refractivity contribution < 1.29 is 13.5 Å². The van der Waals surface area contributed by atoms with Gasteiger partial charge in [0, 0.05) is 49.9 Å². The Morgan fingerprint density at radius 2 is 1.90 bits per heavy atom. The molecule has 220 valence electrons. The highest BCUT2D eigenvalue weighted by atomic mass is 19.1. The summed E-state index contributed by atoms with van der Waals surface area (Å²) < 4.78 is 37.5. The fourth-order valence-corrected chi connectivity index (χ4v) is 9.03. The Kier molecular flexibility index (Phi) is 5.81. The van der Waals surface area contributed by atoms with Gasteiger partial charge in [0.25, 0.3) is 0 Å². The highest BCUT2D eigenvalue weighted by Gasteiger charge is 2.49. The summed E-state index contributed by atoms with van der Waals surface area (Å²) in [6, 6.07) is 7.24. The summed E-state index contributed by atoms with van der Waals surface area (Å²) in [4.78, 5) is 18.9. The molecular weight excluding hydrogens is 534 g/mol. The van der Waals surface area contributed by atoms with Gasteiger partial charge in [-0.05, 0) is 80.9 Å². The predicted molar refractivity (Wildman–Crippen MR) is 157 cm³/mol. The first-order valence-electron chi connectivity index (χ1n) is 16.1. The van der Waals surface area contributed by atoms with Crippen LogP contribution in [0.25, 0.3) is 22.2 Å². The number of hydrogen-bond donors (Lipinski definition) is 1. The molecule has 2 aromatic heterocycles. The van der Waals surface area contributed by atoms with E-state index in [2.05, 4.69) is 21.2 Å². The van der Waals surface area contributed by atoms with Gasteiger partial charge in [0.15, 0.2) is 5.82 Å². The fraction of sp³-hybridized carbons (Fsp3) is 0.606. The molecule has 42 heavy (non-hydrogen) atoms. The lowest BCUT2D eigenvalue weighted by Gasteiger charge is -2.34. The molecule has 1 N–H and O–H groups in total. The molecule has 2 bridgehead atoms. The van der Waals surface area contributed by atoms with Crippen LogP contribution in [0.15, 0.2) is 24.4 Å². The minimum Gasteiger partial charge on any atom is -0.461 e. The van der Waals surface area contributed by atoms with Crippen molar-refractivity contribution in [1.29, 1.82) is 0 Å². The third-order valence-corrected chi connectivity index (χ3v) is 11.1. The molecule has 9 heteroatoms. The van der Waals surface area contributed by atoms with E-state index in [4.69, 9.17) is 19.7 Å². The average Bonchev–Trinajstić information content (AvgIpc) is 3.31. The van der Waals surface area contributed by atoms with Crippen molar-refractivity contribution in [2.24, 2.45) is 5.92 Å². The van der Waals surface area contributed by atoms with Gasteiger partial charge in [-0.15, -0.1) is 0 Å². The van der Waals surface area contributed by atoms with Gasteiger partial charge in [-0.25, -0.2) is 8.78 Å². The molecule has 4 saturated heterocycles. The van der Waals surface area contributed by atoms with Crippen LogP contribution in [-0.2, 0) is 6.42 Å². The van der Waals surface area contributed by atoms with Crippen molar-refractivity contribution in [3.63, 3.8) is 0 Å². The van der Waals surface area contributed by atoms with E-state index in [9.17, 15) is 4.39 Å². The number of rotatable bonds is 6. The van der Waals surface area contributed by atoms with Crippen LogP contribution in [-0.4, -0.2) is 76.4 Å². The number of halogens is 2. The maximum absolute atomic E-state index is 16.8. The van der Waals surface area contributed by atoms with E-state index in [-0.39, 0.29) is 17.1 Å². The maximum Gasteiger partial charge on any atom is 0.319 e. The van der Waals surface area contributed by atoms with Crippen LogP contribution >= 0.6 is 0 Å². The molecule has 0 radical (unpaired) electrons. The van der Waals surface area contributed by atoms with E-state index in [1.54, 1.807) is 6.20 Å². The standard InChI is InChI=1S/C33H38F2N6O/c34-21-13-33(11-2-12-41(33)15-21)18-42-32-38-30-26(31(39-32)40-16-22-8-9-23(17-40)37-22)14-36-29(28(30)35)25-4-1-3-20-7-10-24(27(20)25)19-5-6-19/h1,3-4,14,19,21-24,37H,2,5-13,15-18H2/t21-,22?,23?,24?,33+/m1/s1. The molecule has 1 saturated carbocycles. The van der Waals surface area contributed by atoms with Crippen molar-refractivity contribution in [3.05, 3.63) is 41.3 Å². The quantitative estimate of drug-likeness (QED) is 0.438. The first-order valence-corrected chi connectivity index (χ1v) is 16.1. The Bertz CT molecular complexity index is 1550. The zero-order valence-electron chi connectivity index (χ0n) is 24.0. The Labute approximate surface area is 245 Å². The van der Waals surface area contributed by atoms with Crippen molar-refractivity contribution in [2.45, 2.75) is 87.5 Å². The van der Waals surface area contributed by atoms with Crippen LogP contribution in [0.1, 0.15) is 68.4 Å². The minimum absolute atomic E-state index is 0.178. The molecule has 0 spiro atoms. The Morgan fingerprint density at radius 1 is 1.05 bits per heavy atom. The number of pyridine rings is 1. The highest BCUT2D eigenvalue weighted by molar-refractivity contribution is 5.92. The zero-order valence-corrected chi connectivity index (χ0v) is 24.0. The number of benzene rings is 1. The molecule has 9 rings (SSSR count). The van der Waals surface area contributed by atoms with Crippen LogP contribution in [0, 0.1) is 11.7 Å². The minimum atomic E-state index is -0.837. The number of alkyl halides is 1. The van der Waals surface area contributed by atoms with E-state index < -0.39 is 12.0 Å². The lowest BCUT2D eigenvalue weighted by molar-refractivity contribution is 0.107. The molecular formula is C33H38F2N6O. The predicted octanol–water partition coefficient (Wildman–Crippen LogP) is 5.17. The molecule has 3 aromatic rings. The number of aryl methyl sites for hydroxylation is 1. The van der Waals surface area contributed by atoms with Gasteiger partial charge in [-0.1, -0.05) is 18.2 Å². The van der Waals surface area contributed by atoms with E-state index in [1.165, 1.54) is 24.0 Å². The summed E-state index contributed by atoms with van der Waals surface area (Å²) >= 11 is 0. The number of piperazine rings is 1. The Morgan fingerprint density at radius 3 is 2.74 bits per heavy atom. The van der Waals surface area contributed by atoms with Crippen molar-refractivity contribution in [3.8, 4) is 17.3 Å². The summed E-state index contributed by atoms with van der Waals surface area (Å²) in [5.74, 6) is 1.49. The molecule has 0 amide bonds. The number of hydrogen-bond acceptors (Lipinski definition) is 7. The fourth-order valence-electron chi connectivity index (χ4n) is 9.03. The van der Waals surface area contributed by atoms with Crippen molar-refractivity contribution in [1.82, 2.24) is 25.2 Å². The van der Waals surface area contributed by atoms with Crippen molar-refractivity contribution in [2.75, 3.05) is 37.7 Å². The van der Waals surface area contributed by atoms with Gasteiger partial charge < -0.3 is 15.0 Å². The number of fused-ring (bicyclic) bond motifs is 5. The first-order chi connectivity index (χ1) is 20.5. The normalized spacial score (nSPS) is 32.1. The van der Waals surface area contributed by atoms with Gasteiger partial charge in [-0.3, -0.25) is 9.88 Å². The number of ether oxygens (including phenoxy) is 1. The summed E-state index contributed by atoms with van der Waals surface area (Å²) in [6.07, 6.45) is 10.3. The number of nitrogens with one attached hydrogen (secondary N) is 1. The summed E-state index contributed by atoms with van der Waals surface area (Å²) in [5, 5.41) is 4.31. The molecule has 4 aliphatic heterocycles.